The zero-order valence-corrected chi connectivity index (χ0v) is 7.10. The number of aromatic nitrogens is 1. The first-order valence-electron chi connectivity index (χ1n) is 3.75. The van der Waals surface area contributed by atoms with Gasteiger partial charge in [-0.1, -0.05) is 0 Å². The van der Waals surface area contributed by atoms with Gasteiger partial charge in [-0.25, -0.2) is 4.79 Å². The number of ketones is 2. The minimum atomic E-state index is -0.407. The van der Waals surface area contributed by atoms with E-state index in [-0.39, 0.29) is 11.6 Å². The number of hydrogen-bond donors (Lipinski definition) is 1. The molecule has 14 heavy (non-hydrogen) atoms. The molecule has 1 aromatic rings. The normalized spacial score (nSPS) is 13.7. The lowest BCUT2D eigenvalue weighted by atomic mass is 10.2. The quantitative estimate of drug-likeness (QED) is 0.597. The van der Waals surface area contributed by atoms with Crippen LogP contribution in [-0.4, -0.2) is 16.6 Å². The zero-order valence-electron chi connectivity index (χ0n) is 7.10. The van der Waals surface area contributed by atoms with E-state index in [9.17, 15) is 14.4 Å². The lowest BCUT2D eigenvalue weighted by Gasteiger charge is -1.87. The monoisotopic (exact) mass is 193 g/mol. The SMILES string of the molecule is O=C1C=CC(=O)C=C1.O=c1[nH]cco1. The van der Waals surface area contributed by atoms with Crippen molar-refractivity contribution in [1.29, 1.82) is 0 Å². The van der Waals surface area contributed by atoms with Crippen molar-refractivity contribution >= 4 is 11.6 Å². The first kappa shape index (κ1) is 9.91. The molecule has 0 unspecified atom stereocenters. The Morgan fingerprint density at radius 1 is 0.929 bits per heavy atom. The van der Waals surface area contributed by atoms with Gasteiger partial charge in [0.25, 0.3) is 0 Å². The van der Waals surface area contributed by atoms with Crippen LogP contribution >= 0.6 is 0 Å². The maximum Gasteiger partial charge on any atom is 0.416 e. The number of aromatic amines is 1. The third kappa shape index (κ3) is 3.48. The summed E-state index contributed by atoms with van der Waals surface area (Å²) in [6.07, 6.45) is 7.74. The highest BCUT2D eigenvalue weighted by atomic mass is 16.4. The van der Waals surface area contributed by atoms with Crippen LogP contribution in [0.15, 0.2) is 46.0 Å². The number of hydrogen-bond acceptors (Lipinski definition) is 4. The molecule has 0 amide bonds. The van der Waals surface area contributed by atoms with Gasteiger partial charge in [0.2, 0.25) is 0 Å². The standard InChI is InChI=1S/C6H4O2.C3H3NO2/c7-5-1-2-6(8)4-3-5;5-3-4-1-2-6-3/h1-4H;1-2H,(H,4,5). The van der Waals surface area contributed by atoms with Crippen LogP contribution in [0.25, 0.3) is 0 Å². The van der Waals surface area contributed by atoms with Crippen LogP contribution in [0.4, 0.5) is 0 Å². The predicted octanol–water partition coefficient (Wildman–Crippen LogP) is 0.218. The van der Waals surface area contributed by atoms with Crippen LogP contribution in [0, 0.1) is 0 Å². The summed E-state index contributed by atoms with van der Waals surface area (Å²) in [7, 11) is 0. The van der Waals surface area contributed by atoms with E-state index in [1.165, 1.54) is 36.8 Å². The largest absolute Gasteiger partial charge is 0.417 e. The van der Waals surface area contributed by atoms with E-state index in [2.05, 4.69) is 9.40 Å². The van der Waals surface area contributed by atoms with Crippen molar-refractivity contribution in [3.63, 3.8) is 0 Å². The number of carbonyl (C=O) groups is 2. The fourth-order valence-corrected chi connectivity index (χ4v) is 0.672. The van der Waals surface area contributed by atoms with Gasteiger partial charge in [-0.3, -0.25) is 14.6 Å². The van der Waals surface area contributed by atoms with E-state index >= 15 is 0 Å². The van der Waals surface area contributed by atoms with Crippen molar-refractivity contribution in [3.05, 3.63) is 47.3 Å². The van der Waals surface area contributed by atoms with Gasteiger partial charge >= 0.3 is 5.76 Å². The first-order chi connectivity index (χ1) is 6.68. The minimum Gasteiger partial charge on any atom is -0.417 e. The highest BCUT2D eigenvalue weighted by molar-refractivity contribution is 6.14. The third-order valence-corrected chi connectivity index (χ3v) is 1.27. The van der Waals surface area contributed by atoms with Crippen LogP contribution in [0.2, 0.25) is 0 Å². The van der Waals surface area contributed by atoms with Gasteiger partial charge in [-0.15, -0.1) is 0 Å². The summed E-state index contributed by atoms with van der Waals surface area (Å²) < 4.78 is 4.22. The fourth-order valence-electron chi connectivity index (χ4n) is 0.672. The smallest absolute Gasteiger partial charge is 0.416 e. The molecule has 0 saturated carbocycles. The van der Waals surface area contributed by atoms with Gasteiger partial charge in [0.1, 0.15) is 6.26 Å². The minimum absolute atomic E-state index is 0.121. The molecule has 1 aliphatic rings. The van der Waals surface area contributed by atoms with Crippen LogP contribution in [0.3, 0.4) is 0 Å². The molecule has 0 spiro atoms. The fraction of sp³-hybridized carbons (Fsp3) is 0. The first-order valence-corrected chi connectivity index (χ1v) is 3.75. The van der Waals surface area contributed by atoms with E-state index in [0.717, 1.165) is 0 Å². The summed E-state index contributed by atoms with van der Waals surface area (Å²) in [6.45, 7) is 0. The summed E-state index contributed by atoms with van der Waals surface area (Å²) in [6, 6.07) is 0. The van der Waals surface area contributed by atoms with Gasteiger partial charge in [0.05, 0.1) is 0 Å². The number of allylic oxidation sites excluding steroid dienone is 4. The van der Waals surface area contributed by atoms with Gasteiger partial charge in [0, 0.05) is 6.20 Å². The van der Waals surface area contributed by atoms with Gasteiger partial charge in [-0.05, 0) is 24.3 Å². The molecule has 2 rings (SSSR count). The number of H-pyrrole nitrogens is 1. The molecule has 0 aliphatic heterocycles. The topological polar surface area (TPSA) is 80.1 Å². The highest BCUT2D eigenvalue weighted by Gasteiger charge is 1.97. The second-order valence-corrected chi connectivity index (χ2v) is 2.32. The molecule has 72 valence electrons. The Kier molecular flexibility index (Phi) is 3.37. The maximum atomic E-state index is 10.3. The van der Waals surface area contributed by atoms with Crippen molar-refractivity contribution < 1.29 is 14.0 Å². The number of oxazole rings is 1. The summed E-state index contributed by atoms with van der Waals surface area (Å²) in [5.74, 6) is -0.649. The lowest BCUT2D eigenvalue weighted by Crippen LogP contribution is -1.97. The average Bonchev–Trinajstić information content (AvgIpc) is 2.63. The molecule has 0 fully saturated rings. The average molecular weight is 193 g/mol. The van der Waals surface area contributed by atoms with E-state index in [1.54, 1.807) is 0 Å². The van der Waals surface area contributed by atoms with Gasteiger partial charge in [-0.2, -0.15) is 0 Å². The Morgan fingerprint density at radius 3 is 1.64 bits per heavy atom. The molecule has 5 heteroatoms. The molecule has 1 N–H and O–H groups in total. The molecule has 1 aliphatic carbocycles. The molecule has 1 heterocycles. The second-order valence-electron chi connectivity index (χ2n) is 2.32. The summed E-state index contributed by atoms with van der Waals surface area (Å²) in [5.41, 5.74) is 0. The molecular weight excluding hydrogens is 186 g/mol. The third-order valence-electron chi connectivity index (χ3n) is 1.27. The Hall–Kier alpha value is -2.17. The van der Waals surface area contributed by atoms with Crippen molar-refractivity contribution in [2.75, 3.05) is 0 Å². The summed E-state index contributed by atoms with van der Waals surface area (Å²) in [5, 5.41) is 0. The number of carbonyl (C=O) groups excluding carboxylic acids is 2. The molecule has 5 nitrogen and oxygen atoms in total. The Morgan fingerprint density at radius 2 is 1.43 bits per heavy atom. The Labute approximate surface area is 78.7 Å². The van der Waals surface area contributed by atoms with E-state index in [0.29, 0.717) is 0 Å². The molecule has 0 aromatic carbocycles. The van der Waals surface area contributed by atoms with Crippen LogP contribution in [0.5, 0.6) is 0 Å². The van der Waals surface area contributed by atoms with Crippen LogP contribution < -0.4 is 5.76 Å². The Bertz CT molecular complexity index is 381. The highest BCUT2D eigenvalue weighted by Crippen LogP contribution is 1.90. The second kappa shape index (κ2) is 4.76. The maximum absolute atomic E-state index is 10.3. The lowest BCUT2D eigenvalue weighted by molar-refractivity contribution is -0.113. The molecule has 0 saturated heterocycles. The number of nitrogens with one attached hydrogen (secondary N) is 1. The van der Waals surface area contributed by atoms with Crippen molar-refractivity contribution in [3.8, 4) is 0 Å². The zero-order chi connectivity index (χ0) is 10.4. The van der Waals surface area contributed by atoms with Gasteiger partial charge in [0.15, 0.2) is 11.6 Å². The van der Waals surface area contributed by atoms with Crippen molar-refractivity contribution in [1.82, 2.24) is 4.98 Å². The Balaban J connectivity index is 0.000000146. The molecular formula is C9H7NO4. The van der Waals surface area contributed by atoms with E-state index in [4.69, 9.17) is 0 Å². The van der Waals surface area contributed by atoms with Crippen molar-refractivity contribution in [2.24, 2.45) is 0 Å². The number of rotatable bonds is 0. The van der Waals surface area contributed by atoms with Crippen molar-refractivity contribution in [2.45, 2.75) is 0 Å². The summed E-state index contributed by atoms with van der Waals surface area (Å²) >= 11 is 0. The molecule has 0 radical (unpaired) electrons. The van der Waals surface area contributed by atoms with Crippen LogP contribution in [-0.2, 0) is 9.59 Å². The summed E-state index contributed by atoms with van der Waals surface area (Å²) in [4.78, 5) is 32.7. The van der Waals surface area contributed by atoms with E-state index in [1.807, 2.05) is 0 Å². The molecule has 0 atom stereocenters. The van der Waals surface area contributed by atoms with Crippen LogP contribution in [0.1, 0.15) is 0 Å². The molecule has 1 aromatic heterocycles. The predicted molar refractivity (Wildman–Crippen MR) is 47.6 cm³/mol. The molecule has 0 bridgehead atoms. The van der Waals surface area contributed by atoms with E-state index < -0.39 is 5.76 Å². The van der Waals surface area contributed by atoms with Gasteiger partial charge < -0.3 is 4.42 Å².